The highest BCUT2D eigenvalue weighted by Gasteiger charge is 2.10. The summed E-state index contributed by atoms with van der Waals surface area (Å²) in [5, 5.41) is 0. The lowest BCUT2D eigenvalue weighted by atomic mass is 10.2. The molecule has 0 amide bonds. The summed E-state index contributed by atoms with van der Waals surface area (Å²) in [5.41, 5.74) is 8.08. The SMILES string of the molecule is CN(Cc1cccc(S(=O)(=O)O)c1)c1ccc(N)cc1. The van der Waals surface area contributed by atoms with E-state index in [9.17, 15) is 8.42 Å². The average Bonchev–Trinajstić information content (AvgIpc) is 2.38. The van der Waals surface area contributed by atoms with Crippen molar-refractivity contribution >= 4 is 21.5 Å². The van der Waals surface area contributed by atoms with Crippen molar-refractivity contribution in [1.82, 2.24) is 0 Å². The lowest BCUT2D eigenvalue weighted by molar-refractivity contribution is 0.483. The van der Waals surface area contributed by atoms with Crippen molar-refractivity contribution in [2.45, 2.75) is 11.4 Å². The third kappa shape index (κ3) is 3.49. The Bertz CT molecular complexity index is 697. The Hall–Kier alpha value is -2.05. The molecule has 0 aliphatic heterocycles. The molecule has 0 unspecified atom stereocenters. The van der Waals surface area contributed by atoms with Gasteiger partial charge in [0.25, 0.3) is 10.1 Å². The molecule has 0 aliphatic carbocycles. The molecule has 106 valence electrons. The van der Waals surface area contributed by atoms with Gasteiger partial charge in [-0.1, -0.05) is 12.1 Å². The summed E-state index contributed by atoms with van der Waals surface area (Å²) in [6.07, 6.45) is 0. The van der Waals surface area contributed by atoms with Gasteiger partial charge in [-0.05, 0) is 42.0 Å². The first-order valence-corrected chi connectivity index (χ1v) is 7.43. The molecule has 20 heavy (non-hydrogen) atoms. The van der Waals surface area contributed by atoms with Crippen LogP contribution in [0.3, 0.4) is 0 Å². The second-order valence-corrected chi connectivity index (χ2v) is 5.99. The Labute approximate surface area is 118 Å². The van der Waals surface area contributed by atoms with Crippen LogP contribution in [0.25, 0.3) is 0 Å². The van der Waals surface area contributed by atoms with Crippen LogP contribution in [0, 0.1) is 0 Å². The zero-order valence-corrected chi connectivity index (χ0v) is 11.8. The molecular formula is C14H16N2O3S. The van der Waals surface area contributed by atoms with Crippen LogP contribution in [-0.4, -0.2) is 20.0 Å². The molecule has 2 aromatic carbocycles. The second kappa shape index (κ2) is 5.52. The molecular weight excluding hydrogens is 276 g/mol. The maximum absolute atomic E-state index is 11.1. The normalized spacial score (nSPS) is 11.3. The van der Waals surface area contributed by atoms with Crippen LogP contribution in [0.1, 0.15) is 5.56 Å². The largest absolute Gasteiger partial charge is 0.399 e. The molecule has 0 aromatic heterocycles. The molecule has 0 saturated heterocycles. The molecule has 2 rings (SSSR count). The van der Waals surface area contributed by atoms with E-state index in [1.807, 2.05) is 30.1 Å². The van der Waals surface area contributed by atoms with Crippen LogP contribution >= 0.6 is 0 Å². The Morgan fingerprint density at radius 3 is 2.40 bits per heavy atom. The van der Waals surface area contributed by atoms with E-state index < -0.39 is 10.1 Å². The number of nitrogens with two attached hydrogens (primary N) is 1. The van der Waals surface area contributed by atoms with Gasteiger partial charge in [-0.25, -0.2) is 0 Å². The molecule has 0 spiro atoms. The third-order valence-corrected chi connectivity index (χ3v) is 3.80. The van der Waals surface area contributed by atoms with Gasteiger partial charge in [-0.15, -0.1) is 0 Å². The number of nitrogens with zero attached hydrogens (tertiary/aromatic N) is 1. The van der Waals surface area contributed by atoms with Gasteiger partial charge in [-0.2, -0.15) is 8.42 Å². The van der Waals surface area contributed by atoms with Gasteiger partial charge in [0.05, 0.1) is 4.90 Å². The zero-order valence-electron chi connectivity index (χ0n) is 11.0. The van der Waals surface area contributed by atoms with E-state index in [2.05, 4.69) is 0 Å². The van der Waals surface area contributed by atoms with Gasteiger partial charge in [0.15, 0.2) is 0 Å². The second-order valence-electron chi connectivity index (χ2n) is 4.57. The molecule has 0 fully saturated rings. The third-order valence-electron chi connectivity index (χ3n) is 2.95. The zero-order chi connectivity index (χ0) is 14.8. The highest BCUT2D eigenvalue weighted by molar-refractivity contribution is 7.85. The molecule has 0 saturated carbocycles. The van der Waals surface area contributed by atoms with Gasteiger partial charge < -0.3 is 10.6 Å². The van der Waals surface area contributed by atoms with E-state index in [-0.39, 0.29) is 4.90 Å². The van der Waals surface area contributed by atoms with Gasteiger partial charge >= 0.3 is 0 Å². The van der Waals surface area contributed by atoms with Crippen molar-refractivity contribution in [3.8, 4) is 0 Å². The molecule has 0 radical (unpaired) electrons. The van der Waals surface area contributed by atoms with Crippen molar-refractivity contribution in [2.75, 3.05) is 17.7 Å². The lowest BCUT2D eigenvalue weighted by Gasteiger charge is -2.19. The Kier molecular flexibility index (Phi) is 3.96. The minimum absolute atomic E-state index is 0.0966. The number of rotatable bonds is 4. The lowest BCUT2D eigenvalue weighted by Crippen LogP contribution is -2.16. The van der Waals surface area contributed by atoms with E-state index in [1.54, 1.807) is 18.2 Å². The van der Waals surface area contributed by atoms with E-state index >= 15 is 0 Å². The summed E-state index contributed by atoms with van der Waals surface area (Å²) in [4.78, 5) is 1.86. The fourth-order valence-corrected chi connectivity index (χ4v) is 2.45. The predicted molar refractivity (Wildman–Crippen MR) is 79.2 cm³/mol. The molecule has 6 heteroatoms. The number of benzene rings is 2. The molecule has 0 heterocycles. The summed E-state index contributed by atoms with van der Waals surface area (Å²) in [7, 11) is -2.27. The number of nitrogen functional groups attached to an aromatic ring is 1. The first-order valence-electron chi connectivity index (χ1n) is 5.99. The Morgan fingerprint density at radius 2 is 1.80 bits per heavy atom. The van der Waals surface area contributed by atoms with E-state index in [4.69, 9.17) is 10.3 Å². The summed E-state index contributed by atoms with van der Waals surface area (Å²) < 4.78 is 31.3. The van der Waals surface area contributed by atoms with Gasteiger partial charge in [-0.3, -0.25) is 4.55 Å². The van der Waals surface area contributed by atoms with Gasteiger partial charge in [0.2, 0.25) is 0 Å². The quantitative estimate of drug-likeness (QED) is 0.666. The average molecular weight is 292 g/mol. The number of anilines is 2. The fraction of sp³-hybridized carbons (Fsp3) is 0.143. The standard InChI is InChI=1S/C14H16N2O3S/c1-16(13-7-5-12(15)6-8-13)10-11-3-2-4-14(9-11)20(17,18)19/h2-9H,10,15H2,1H3,(H,17,18,19). The maximum atomic E-state index is 11.1. The van der Waals surface area contributed by atoms with Crippen LogP contribution in [0.15, 0.2) is 53.4 Å². The smallest absolute Gasteiger partial charge is 0.294 e. The summed E-state index contributed by atoms with van der Waals surface area (Å²) >= 11 is 0. The van der Waals surface area contributed by atoms with Crippen molar-refractivity contribution in [3.63, 3.8) is 0 Å². The topological polar surface area (TPSA) is 83.6 Å². The first kappa shape index (κ1) is 14.4. The van der Waals surface area contributed by atoms with E-state index in [0.717, 1.165) is 11.3 Å². The maximum Gasteiger partial charge on any atom is 0.294 e. The molecule has 0 aliphatic rings. The van der Waals surface area contributed by atoms with E-state index in [1.165, 1.54) is 12.1 Å². The van der Waals surface area contributed by atoms with Crippen LogP contribution in [0.2, 0.25) is 0 Å². The Morgan fingerprint density at radius 1 is 1.15 bits per heavy atom. The van der Waals surface area contributed by atoms with Crippen LogP contribution in [0.5, 0.6) is 0 Å². The minimum Gasteiger partial charge on any atom is -0.399 e. The summed E-state index contributed by atoms with van der Waals surface area (Å²) in [6.45, 7) is 0.521. The Balaban J connectivity index is 2.20. The molecule has 3 N–H and O–H groups in total. The van der Waals surface area contributed by atoms with Gasteiger partial charge in [0, 0.05) is 25.0 Å². The highest BCUT2D eigenvalue weighted by Crippen LogP contribution is 2.18. The fourth-order valence-electron chi connectivity index (χ4n) is 1.90. The van der Waals surface area contributed by atoms with E-state index in [0.29, 0.717) is 12.2 Å². The van der Waals surface area contributed by atoms with Crippen molar-refractivity contribution < 1.29 is 13.0 Å². The minimum atomic E-state index is -4.17. The number of hydrogen-bond acceptors (Lipinski definition) is 4. The van der Waals surface area contributed by atoms with Crippen LogP contribution < -0.4 is 10.6 Å². The predicted octanol–water partition coefficient (Wildman–Crippen LogP) is 2.15. The van der Waals surface area contributed by atoms with Crippen molar-refractivity contribution in [2.24, 2.45) is 0 Å². The van der Waals surface area contributed by atoms with Crippen LogP contribution in [-0.2, 0) is 16.7 Å². The molecule has 0 atom stereocenters. The number of hydrogen-bond donors (Lipinski definition) is 2. The monoisotopic (exact) mass is 292 g/mol. The first-order chi connectivity index (χ1) is 9.36. The van der Waals surface area contributed by atoms with Gasteiger partial charge in [0.1, 0.15) is 0 Å². The van der Waals surface area contributed by atoms with Crippen LogP contribution in [0.4, 0.5) is 11.4 Å². The molecule has 0 bridgehead atoms. The summed E-state index contributed by atoms with van der Waals surface area (Å²) in [6, 6.07) is 13.6. The highest BCUT2D eigenvalue weighted by atomic mass is 32.2. The summed E-state index contributed by atoms with van der Waals surface area (Å²) in [5.74, 6) is 0. The van der Waals surface area contributed by atoms with Crippen molar-refractivity contribution in [3.05, 3.63) is 54.1 Å². The molecule has 2 aromatic rings. The molecule has 5 nitrogen and oxygen atoms in total. The van der Waals surface area contributed by atoms with Crippen molar-refractivity contribution in [1.29, 1.82) is 0 Å².